The monoisotopic (exact) mass is 277 g/mol. The van der Waals surface area contributed by atoms with Crippen molar-refractivity contribution in [3.63, 3.8) is 0 Å². The fourth-order valence-corrected chi connectivity index (χ4v) is 2.89. The third-order valence-electron chi connectivity index (χ3n) is 3.04. The second-order valence-electron chi connectivity index (χ2n) is 5.04. The summed E-state index contributed by atoms with van der Waals surface area (Å²) in [5, 5.41) is 3.90. The number of fused-ring (bicyclic) bond motifs is 1. The van der Waals surface area contributed by atoms with Gasteiger partial charge in [-0.2, -0.15) is 0 Å². The maximum absolute atomic E-state index is 12.1. The van der Waals surface area contributed by atoms with E-state index in [0.29, 0.717) is 6.42 Å². The van der Waals surface area contributed by atoms with Gasteiger partial charge in [0.2, 0.25) is 5.91 Å². The Morgan fingerprint density at radius 1 is 1.53 bits per heavy atom. The minimum atomic E-state index is -0.826. The largest absolute Gasteiger partial charge is 0.324 e. The van der Waals surface area contributed by atoms with E-state index in [2.05, 4.69) is 10.3 Å². The second-order valence-corrected chi connectivity index (χ2v) is 6.27. The zero-order valence-corrected chi connectivity index (χ0v) is 12.3. The number of nitrogens with one attached hydrogen (secondary N) is 1. The summed E-state index contributed by atoms with van der Waals surface area (Å²) in [5.74, 6) is -0.144. The smallest absolute Gasteiger partial charge is 0.244 e. The lowest BCUT2D eigenvalue weighted by Gasteiger charge is -2.22. The van der Waals surface area contributed by atoms with Gasteiger partial charge in [-0.15, -0.1) is 11.3 Å². The standard InChI is InChI=1S/C14H19N3OS/c1-4-7-14(3,15)13(18)17-10-5-6-11-12(8-10)19-9(2)16-11/h5-6,8H,4,7,15H2,1-3H3,(H,17,18). The molecule has 0 aliphatic heterocycles. The molecule has 1 heterocycles. The number of aryl methyl sites for hydroxylation is 1. The van der Waals surface area contributed by atoms with Crippen LogP contribution in [0.5, 0.6) is 0 Å². The van der Waals surface area contributed by atoms with Gasteiger partial charge in [0.1, 0.15) is 0 Å². The molecule has 0 saturated heterocycles. The molecule has 1 amide bonds. The van der Waals surface area contributed by atoms with Crippen LogP contribution in [0.25, 0.3) is 10.2 Å². The average molecular weight is 277 g/mol. The van der Waals surface area contributed by atoms with Gasteiger partial charge in [0.05, 0.1) is 20.8 Å². The molecule has 0 radical (unpaired) electrons. The topological polar surface area (TPSA) is 68.0 Å². The van der Waals surface area contributed by atoms with Crippen molar-refractivity contribution in [3.8, 4) is 0 Å². The van der Waals surface area contributed by atoms with Crippen LogP contribution in [-0.4, -0.2) is 16.4 Å². The Kier molecular flexibility index (Phi) is 3.87. The van der Waals surface area contributed by atoms with E-state index in [-0.39, 0.29) is 5.91 Å². The molecule has 3 N–H and O–H groups in total. The molecule has 0 aliphatic rings. The molecule has 0 fully saturated rings. The molecule has 4 nitrogen and oxygen atoms in total. The zero-order chi connectivity index (χ0) is 14.0. The van der Waals surface area contributed by atoms with E-state index < -0.39 is 5.54 Å². The minimum Gasteiger partial charge on any atom is -0.324 e. The Balaban J connectivity index is 2.19. The molecule has 5 heteroatoms. The highest BCUT2D eigenvalue weighted by Gasteiger charge is 2.27. The first-order valence-electron chi connectivity index (χ1n) is 6.40. The molecule has 0 bridgehead atoms. The summed E-state index contributed by atoms with van der Waals surface area (Å²) in [6.45, 7) is 5.76. The van der Waals surface area contributed by atoms with Gasteiger partial charge in [-0.1, -0.05) is 13.3 Å². The molecule has 0 saturated carbocycles. The quantitative estimate of drug-likeness (QED) is 0.902. The van der Waals surface area contributed by atoms with Gasteiger partial charge < -0.3 is 11.1 Å². The normalized spacial score (nSPS) is 14.3. The number of anilines is 1. The predicted molar refractivity (Wildman–Crippen MR) is 80.5 cm³/mol. The van der Waals surface area contributed by atoms with E-state index in [1.807, 2.05) is 32.0 Å². The van der Waals surface area contributed by atoms with Gasteiger partial charge in [-0.05, 0) is 38.5 Å². The summed E-state index contributed by atoms with van der Waals surface area (Å²) in [5.41, 5.74) is 6.92. The summed E-state index contributed by atoms with van der Waals surface area (Å²) in [4.78, 5) is 16.5. The molecule has 1 unspecified atom stereocenters. The van der Waals surface area contributed by atoms with Crippen LogP contribution >= 0.6 is 11.3 Å². The number of rotatable bonds is 4. The van der Waals surface area contributed by atoms with Crippen molar-refractivity contribution in [3.05, 3.63) is 23.2 Å². The fraction of sp³-hybridized carbons (Fsp3) is 0.429. The van der Waals surface area contributed by atoms with Crippen LogP contribution in [0, 0.1) is 6.92 Å². The highest BCUT2D eigenvalue weighted by atomic mass is 32.1. The lowest BCUT2D eigenvalue weighted by atomic mass is 9.96. The third-order valence-corrected chi connectivity index (χ3v) is 3.97. The van der Waals surface area contributed by atoms with E-state index >= 15 is 0 Å². The molecule has 2 rings (SSSR count). The number of hydrogen-bond donors (Lipinski definition) is 2. The zero-order valence-electron chi connectivity index (χ0n) is 11.5. The molecule has 0 spiro atoms. The van der Waals surface area contributed by atoms with Crippen LogP contribution in [0.3, 0.4) is 0 Å². The number of nitrogens with zero attached hydrogens (tertiary/aromatic N) is 1. The number of carbonyl (C=O) groups excluding carboxylic acids is 1. The van der Waals surface area contributed by atoms with Crippen LogP contribution in [0.4, 0.5) is 5.69 Å². The van der Waals surface area contributed by atoms with Gasteiger partial charge in [0, 0.05) is 5.69 Å². The van der Waals surface area contributed by atoms with E-state index in [9.17, 15) is 4.79 Å². The predicted octanol–water partition coefficient (Wildman–Crippen LogP) is 3.06. The SMILES string of the molecule is CCCC(C)(N)C(=O)Nc1ccc2nc(C)sc2c1. The number of benzene rings is 1. The number of carbonyl (C=O) groups is 1. The second kappa shape index (κ2) is 5.27. The van der Waals surface area contributed by atoms with Crippen molar-refractivity contribution in [2.24, 2.45) is 5.73 Å². The molecule has 1 atom stereocenters. The van der Waals surface area contributed by atoms with E-state index in [0.717, 1.165) is 27.3 Å². The molecule has 1 aromatic heterocycles. The summed E-state index contributed by atoms with van der Waals surface area (Å²) in [7, 11) is 0. The lowest BCUT2D eigenvalue weighted by molar-refractivity contribution is -0.120. The summed E-state index contributed by atoms with van der Waals surface area (Å²) in [6.07, 6.45) is 1.55. The summed E-state index contributed by atoms with van der Waals surface area (Å²) >= 11 is 1.62. The molecular formula is C14H19N3OS. The number of thiazole rings is 1. The van der Waals surface area contributed by atoms with E-state index in [1.54, 1.807) is 18.3 Å². The summed E-state index contributed by atoms with van der Waals surface area (Å²) < 4.78 is 1.07. The van der Waals surface area contributed by atoms with E-state index in [4.69, 9.17) is 5.73 Å². The molecular weight excluding hydrogens is 258 g/mol. The molecule has 2 aromatic rings. The first-order valence-corrected chi connectivity index (χ1v) is 7.21. The Hall–Kier alpha value is -1.46. The first kappa shape index (κ1) is 14.0. The van der Waals surface area contributed by atoms with Gasteiger partial charge in [-0.3, -0.25) is 4.79 Å². The number of aromatic nitrogens is 1. The summed E-state index contributed by atoms with van der Waals surface area (Å²) in [6, 6.07) is 5.73. The molecule has 1 aromatic carbocycles. The Morgan fingerprint density at radius 3 is 2.95 bits per heavy atom. The first-order chi connectivity index (χ1) is 8.92. The highest BCUT2D eigenvalue weighted by Crippen LogP contribution is 2.25. The van der Waals surface area contributed by atoms with Gasteiger partial charge >= 0.3 is 0 Å². The number of hydrogen-bond acceptors (Lipinski definition) is 4. The number of nitrogens with two attached hydrogens (primary N) is 1. The molecule has 102 valence electrons. The Morgan fingerprint density at radius 2 is 2.26 bits per heavy atom. The third kappa shape index (κ3) is 3.11. The van der Waals surface area contributed by atoms with Crippen molar-refractivity contribution in [2.45, 2.75) is 39.2 Å². The van der Waals surface area contributed by atoms with Crippen molar-refractivity contribution < 1.29 is 4.79 Å². The Bertz CT molecular complexity index is 604. The van der Waals surface area contributed by atoms with E-state index in [1.165, 1.54) is 0 Å². The van der Waals surface area contributed by atoms with Gasteiger partial charge in [-0.25, -0.2) is 4.98 Å². The van der Waals surface area contributed by atoms with Crippen LogP contribution in [-0.2, 0) is 4.79 Å². The maximum atomic E-state index is 12.1. The van der Waals surface area contributed by atoms with Crippen LogP contribution < -0.4 is 11.1 Å². The maximum Gasteiger partial charge on any atom is 0.244 e. The highest BCUT2D eigenvalue weighted by molar-refractivity contribution is 7.18. The minimum absolute atomic E-state index is 0.144. The molecule has 0 aliphatic carbocycles. The fourth-order valence-electron chi connectivity index (χ4n) is 2.02. The van der Waals surface area contributed by atoms with Crippen molar-refractivity contribution in [2.75, 3.05) is 5.32 Å². The van der Waals surface area contributed by atoms with Crippen LogP contribution in [0.15, 0.2) is 18.2 Å². The van der Waals surface area contributed by atoms with Gasteiger partial charge in [0.25, 0.3) is 0 Å². The van der Waals surface area contributed by atoms with Crippen molar-refractivity contribution >= 4 is 33.1 Å². The average Bonchev–Trinajstić information content (AvgIpc) is 2.68. The van der Waals surface area contributed by atoms with Crippen molar-refractivity contribution in [1.82, 2.24) is 4.98 Å². The Labute approximate surface area is 117 Å². The van der Waals surface area contributed by atoms with Crippen LogP contribution in [0.1, 0.15) is 31.7 Å². The van der Waals surface area contributed by atoms with Crippen LogP contribution in [0.2, 0.25) is 0 Å². The number of amides is 1. The van der Waals surface area contributed by atoms with Crippen molar-refractivity contribution in [1.29, 1.82) is 0 Å². The lowest BCUT2D eigenvalue weighted by Crippen LogP contribution is -2.48. The van der Waals surface area contributed by atoms with Gasteiger partial charge in [0.15, 0.2) is 0 Å². The molecule has 19 heavy (non-hydrogen) atoms.